The minimum atomic E-state index is -0.416. The third kappa shape index (κ3) is 4.29. The highest BCUT2D eigenvalue weighted by molar-refractivity contribution is 7.99. The summed E-state index contributed by atoms with van der Waals surface area (Å²) in [5.41, 5.74) is 1.52. The summed E-state index contributed by atoms with van der Waals surface area (Å²) in [5, 5.41) is 14.1. The standard InChI is InChI=1S/C20H16N2O3S/c23-20(21-14-15-8-2-1-3-9-15)16-10-4-6-12-18(16)26-19-13-7-5-11-17(19)22(24)25/h1-13H,14H2,(H,21,23). The highest BCUT2D eigenvalue weighted by atomic mass is 32.2. The number of carbonyl (C=O) groups is 1. The molecule has 1 amide bonds. The van der Waals surface area contributed by atoms with Crippen molar-refractivity contribution in [2.24, 2.45) is 0 Å². The molecule has 0 heterocycles. The smallest absolute Gasteiger partial charge is 0.283 e. The van der Waals surface area contributed by atoms with Gasteiger partial charge in [-0.15, -0.1) is 0 Å². The lowest BCUT2D eigenvalue weighted by molar-refractivity contribution is -0.387. The topological polar surface area (TPSA) is 72.2 Å². The number of benzene rings is 3. The van der Waals surface area contributed by atoms with Crippen molar-refractivity contribution >= 4 is 23.4 Å². The van der Waals surface area contributed by atoms with E-state index >= 15 is 0 Å². The molecule has 0 atom stereocenters. The van der Waals surface area contributed by atoms with Crippen molar-refractivity contribution in [3.8, 4) is 0 Å². The van der Waals surface area contributed by atoms with Crippen molar-refractivity contribution in [2.45, 2.75) is 16.3 Å². The Kier molecular flexibility index (Phi) is 5.66. The zero-order chi connectivity index (χ0) is 18.4. The first-order valence-corrected chi connectivity index (χ1v) is 8.79. The van der Waals surface area contributed by atoms with E-state index in [-0.39, 0.29) is 11.6 Å². The molecule has 0 saturated carbocycles. The number of nitrogens with zero attached hydrogens (tertiary/aromatic N) is 1. The van der Waals surface area contributed by atoms with E-state index in [4.69, 9.17) is 0 Å². The van der Waals surface area contributed by atoms with Crippen LogP contribution in [0.25, 0.3) is 0 Å². The molecule has 130 valence electrons. The van der Waals surface area contributed by atoms with Crippen molar-refractivity contribution < 1.29 is 9.72 Å². The van der Waals surface area contributed by atoms with E-state index in [9.17, 15) is 14.9 Å². The van der Waals surface area contributed by atoms with Gasteiger partial charge >= 0.3 is 0 Å². The fourth-order valence-electron chi connectivity index (χ4n) is 2.43. The first-order valence-electron chi connectivity index (χ1n) is 7.97. The summed E-state index contributed by atoms with van der Waals surface area (Å²) in [6.07, 6.45) is 0. The number of hydrogen-bond acceptors (Lipinski definition) is 4. The second-order valence-electron chi connectivity index (χ2n) is 5.49. The van der Waals surface area contributed by atoms with Crippen LogP contribution in [-0.2, 0) is 6.54 Å². The Morgan fingerprint density at radius 1 is 0.885 bits per heavy atom. The Balaban J connectivity index is 1.80. The van der Waals surface area contributed by atoms with Crippen molar-refractivity contribution in [2.75, 3.05) is 0 Å². The lowest BCUT2D eigenvalue weighted by Crippen LogP contribution is -2.23. The number of nitro benzene ring substituents is 1. The van der Waals surface area contributed by atoms with Gasteiger partial charge in [0, 0.05) is 17.5 Å². The zero-order valence-corrected chi connectivity index (χ0v) is 14.6. The zero-order valence-electron chi connectivity index (χ0n) is 13.8. The Hall–Kier alpha value is -3.12. The summed E-state index contributed by atoms with van der Waals surface area (Å²) in [6.45, 7) is 0.421. The van der Waals surface area contributed by atoms with Crippen molar-refractivity contribution in [3.63, 3.8) is 0 Å². The molecule has 0 unspecified atom stereocenters. The summed E-state index contributed by atoms with van der Waals surface area (Å²) >= 11 is 1.22. The van der Waals surface area contributed by atoms with Gasteiger partial charge in [0.05, 0.1) is 15.4 Å². The average Bonchev–Trinajstić information content (AvgIpc) is 2.67. The highest BCUT2D eigenvalue weighted by Crippen LogP contribution is 2.36. The van der Waals surface area contributed by atoms with Crippen LogP contribution in [0, 0.1) is 10.1 Å². The lowest BCUT2D eigenvalue weighted by atomic mass is 10.2. The predicted molar refractivity (Wildman–Crippen MR) is 101 cm³/mol. The molecule has 3 rings (SSSR count). The molecule has 0 spiro atoms. The van der Waals surface area contributed by atoms with E-state index < -0.39 is 4.92 Å². The number of nitrogens with one attached hydrogen (secondary N) is 1. The third-order valence-corrected chi connectivity index (χ3v) is 4.85. The summed E-state index contributed by atoms with van der Waals surface area (Å²) < 4.78 is 0. The van der Waals surface area contributed by atoms with Gasteiger partial charge in [0.1, 0.15) is 0 Å². The minimum Gasteiger partial charge on any atom is -0.348 e. The van der Waals surface area contributed by atoms with Gasteiger partial charge in [-0.05, 0) is 23.8 Å². The Labute approximate surface area is 155 Å². The normalized spacial score (nSPS) is 10.3. The second-order valence-corrected chi connectivity index (χ2v) is 6.58. The first kappa shape index (κ1) is 17.7. The Morgan fingerprint density at radius 2 is 1.50 bits per heavy atom. The minimum absolute atomic E-state index is 0.0250. The van der Waals surface area contributed by atoms with Gasteiger partial charge in [-0.3, -0.25) is 14.9 Å². The average molecular weight is 364 g/mol. The van der Waals surface area contributed by atoms with Crippen LogP contribution in [-0.4, -0.2) is 10.8 Å². The number of hydrogen-bond donors (Lipinski definition) is 1. The monoisotopic (exact) mass is 364 g/mol. The van der Waals surface area contributed by atoms with Gasteiger partial charge in [-0.1, -0.05) is 66.4 Å². The Morgan fingerprint density at radius 3 is 2.23 bits per heavy atom. The molecule has 0 fully saturated rings. The van der Waals surface area contributed by atoms with Crippen LogP contribution < -0.4 is 5.32 Å². The fraction of sp³-hybridized carbons (Fsp3) is 0.0500. The maximum Gasteiger partial charge on any atom is 0.283 e. The van der Waals surface area contributed by atoms with Crippen LogP contribution in [0.2, 0.25) is 0 Å². The number of para-hydroxylation sites is 1. The maximum atomic E-state index is 12.6. The Bertz CT molecular complexity index is 929. The largest absolute Gasteiger partial charge is 0.348 e. The SMILES string of the molecule is O=C(NCc1ccccc1)c1ccccc1Sc1ccccc1[N+](=O)[O-]. The highest BCUT2D eigenvalue weighted by Gasteiger charge is 2.17. The van der Waals surface area contributed by atoms with Gasteiger partial charge in [-0.2, -0.15) is 0 Å². The quantitative estimate of drug-likeness (QED) is 0.509. The van der Waals surface area contributed by atoms with Crippen LogP contribution in [0.5, 0.6) is 0 Å². The van der Waals surface area contributed by atoms with Crippen molar-refractivity contribution in [3.05, 3.63) is 100 Å². The maximum absolute atomic E-state index is 12.6. The molecule has 0 bridgehead atoms. The van der Waals surface area contributed by atoms with Crippen LogP contribution in [0.3, 0.4) is 0 Å². The van der Waals surface area contributed by atoms with Gasteiger partial charge in [0.15, 0.2) is 0 Å². The number of nitro groups is 1. The molecule has 3 aromatic rings. The molecule has 3 aromatic carbocycles. The molecule has 5 nitrogen and oxygen atoms in total. The van der Waals surface area contributed by atoms with E-state index in [0.29, 0.717) is 21.9 Å². The van der Waals surface area contributed by atoms with Crippen molar-refractivity contribution in [1.29, 1.82) is 0 Å². The second kappa shape index (κ2) is 8.31. The molecule has 0 saturated heterocycles. The van der Waals surface area contributed by atoms with E-state index in [1.165, 1.54) is 17.8 Å². The van der Waals surface area contributed by atoms with Gasteiger partial charge in [0.2, 0.25) is 0 Å². The summed E-state index contributed by atoms with van der Waals surface area (Å²) in [7, 11) is 0. The third-order valence-electron chi connectivity index (χ3n) is 3.71. The van der Waals surface area contributed by atoms with Crippen LogP contribution in [0.1, 0.15) is 15.9 Å². The van der Waals surface area contributed by atoms with Gasteiger partial charge in [-0.25, -0.2) is 0 Å². The van der Waals surface area contributed by atoms with Gasteiger partial charge < -0.3 is 5.32 Å². The lowest BCUT2D eigenvalue weighted by Gasteiger charge is -2.10. The molecule has 6 heteroatoms. The van der Waals surface area contributed by atoms with Crippen LogP contribution in [0.15, 0.2) is 88.7 Å². The predicted octanol–water partition coefficient (Wildman–Crippen LogP) is 4.68. The van der Waals surface area contributed by atoms with E-state index in [0.717, 1.165) is 5.56 Å². The molecule has 0 radical (unpaired) electrons. The molecular weight excluding hydrogens is 348 g/mol. The van der Waals surface area contributed by atoms with E-state index in [2.05, 4.69) is 5.32 Å². The summed E-state index contributed by atoms with van der Waals surface area (Å²) in [6, 6.07) is 23.2. The van der Waals surface area contributed by atoms with E-state index in [1.54, 1.807) is 36.4 Å². The summed E-state index contributed by atoms with van der Waals surface area (Å²) in [4.78, 5) is 24.6. The molecular formula is C20H16N2O3S. The molecule has 0 aliphatic carbocycles. The molecule has 0 aromatic heterocycles. The molecule has 26 heavy (non-hydrogen) atoms. The molecule has 0 aliphatic rings. The number of amides is 1. The first-order chi connectivity index (χ1) is 12.6. The molecule has 0 aliphatic heterocycles. The van der Waals surface area contributed by atoms with Crippen molar-refractivity contribution in [1.82, 2.24) is 5.32 Å². The number of rotatable bonds is 6. The van der Waals surface area contributed by atoms with Gasteiger partial charge in [0.25, 0.3) is 11.6 Å². The fourth-order valence-corrected chi connectivity index (χ4v) is 3.48. The van der Waals surface area contributed by atoms with Crippen LogP contribution in [0.4, 0.5) is 5.69 Å². The summed E-state index contributed by atoms with van der Waals surface area (Å²) in [5.74, 6) is -0.212. The van der Waals surface area contributed by atoms with E-state index in [1.807, 2.05) is 36.4 Å². The number of carbonyl (C=O) groups excluding carboxylic acids is 1. The molecule has 1 N–H and O–H groups in total. The van der Waals surface area contributed by atoms with Crippen LogP contribution >= 0.6 is 11.8 Å².